The average molecular weight is 381 g/mol. The molecule has 1 amide bonds. The van der Waals surface area contributed by atoms with Crippen LogP contribution in [0.25, 0.3) is 0 Å². The molecular formula is C14H14F3NO6S. The first-order valence-electron chi connectivity index (χ1n) is 7.26. The SMILES string of the molecule is COC[C@@H]1OC(=O)N2c3ccc(OS(=O)(=O)C(F)(F)F)cc3CC[C@H]12. The smallest absolute Gasteiger partial charge is 0.441 e. The highest BCUT2D eigenvalue weighted by Crippen LogP contribution is 2.39. The third-order valence-corrected chi connectivity index (χ3v) is 5.03. The van der Waals surface area contributed by atoms with E-state index < -0.39 is 33.6 Å². The average Bonchev–Trinajstić information content (AvgIpc) is 2.82. The first kappa shape index (κ1) is 17.8. The van der Waals surface area contributed by atoms with Gasteiger partial charge in [-0.25, -0.2) is 4.79 Å². The lowest BCUT2D eigenvalue weighted by Gasteiger charge is -2.31. The highest BCUT2D eigenvalue weighted by atomic mass is 32.2. The lowest BCUT2D eigenvalue weighted by Crippen LogP contribution is -2.41. The summed E-state index contributed by atoms with van der Waals surface area (Å²) in [7, 11) is -4.26. The Morgan fingerprint density at radius 2 is 2.08 bits per heavy atom. The molecule has 0 N–H and O–H groups in total. The maximum Gasteiger partial charge on any atom is 0.534 e. The quantitative estimate of drug-likeness (QED) is 0.588. The molecule has 2 aliphatic rings. The van der Waals surface area contributed by atoms with E-state index in [0.717, 1.165) is 6.07 Å². The van der Waals surface area contributed by atoms with E-state index in [9.17, 15) is 26.4 Å². The van der Waals surface area contributed by atoms with Crippen molar-refractivity contribution < 1.29 is 40.0 Å². The van der Waals surface area contributed by atoms with E-state index in [1.807, 2.05) is 0 Å². The number of rotatable bonds is 4. The van der Waals surface area contributed by atoms with Crippen molar-refractivity contribution in [2.75, 3.05) is 18.6 Å². The summed E-state index contributed by atoms with van der Waals surface area (Å²) in [5.41, 5.74) is -4.56. The van der Waals surface area contributed by atoms with Crippen LogP contribution in [0.4, 0.5) is 23.7 Å². The van der Waals surface area contributed by atoms with Crippen molar-refractivity contribution in [3.63, 3.8) is 0 Å². The molecule has 1 fully saturated rings. The van der Waals surface area contributed by atoms with E-state index in [2.05, 4.69) is 4.18 Å². The Morgan fingerprint density at radius 3 is 2.72 bits per heavy atom. The van der Waals surface area contributed by atoms with Crippen LogP contribution in [0.2, 0.25) is 0 Å². The topological polar surface area (TPSA) is 82.1 Å². The molecule has 0 spiro atoms. The zero-order valence-electron chi connectivity index (χ0n) is 12.9. The number of hydrogen-bond donors (Lipinski definition) is 0. The molecule has 25 heavy (non-hydrogen) atoms. The molecular weight excluding hydrogens is 367 g/mol. The Morgan fingerprint density at radius 1 is 1.36 bits per heavy atom. The molecule has 0 aromatic heterocycles. The minimum atomic E-state index is -5.74. The number of halogens is 3. The molecule has 2 heterocycles. The molecule has 2 atom stereocenters. The molecule has 7 nitrogen and oxygen atoms in total. The van der Waals surface area contributed by atoms with Gasteiger partial charge in [0.25, 0.3) is 0 Å². The zero-order valence-corrected chi connectivity index (χ0v) is 13.8. The third-order valence-electron chi connectivity index (χ3n) is 4.05. The van der Waals surface area contributed by atoms with E-state index in [1.165, 1.54) is 24.1 Å². The number of carbonyl (C=O) groups excluding carboxylic acids is 1. The van der Waals surface area contributed by atoms with E-state index in [-0.39, 0.29) is 12.6 Å². The molecule has 1 aromatic carbocycles. The summed E-state index contributed by atoms with van der Waals surface area (Å²) < 4.78 is 73.8. The van der Waals surface area contributed by atoms with E-state index in [0.29, 0.717) is 24.1 Å². The van der Waals surface area contributed by atoms with Crippen molar-refractivity contribution in [3.05, 3.63) is 23.8 Å². The van der Waals surface area contributed by atoms with Crippen molar-refractivity contribution in [2.45, 2.75) is 30.5 Å². The lowest BCUT2D eigenvalue weighted by molar-refractivity contribution is -0.0500. The fraction of sp³-hybridized carbons (Fsp3) is 0.500. The predicted octanol–water partition coefficient (Wildman–Crippen LogP) is 2.20. The second-order valence-corrected chi connectivity index (χ2v) is 7.17. The summed E-state index contributed by atoms with van der Waals surface area (Å²) >= 11 is 0. The standard InChI is InChI=1S/C14H14F3NO6S/c1-22-7-12-11-4-2-8-6-9(24-25(20,21)14(15,16)17)3-5-10(8)18(11)13(19)23-12/h3,5-6,11-12H,2,4,7H2,1H3/t11-,12+/m1/s1. The summed E-state index contributed by atoms with van der Waals surface area (Å²) in [4.78, 5) is 13.5. The third kappa shape index (κ3) is 3.13. The Hall–Kier alpha value is -2.01. The van der Waals surface area contributed by atoms with Gasteiger partial charge in [0.2, 0.25) is 0 Å². The minimum absolute atomic E-state index is 0.229. The van der Waals surface area contributed by atoms with Crippen LogP contribution in [0.1, 0.15) is 12.0 Å². The number of fused-ring (bicyclic) bond motifs is 3. The number of nitrogens with zero attached hydrogens (tertiary/aromatic N) is 1. The van der Waals surface area contributed by atoms with Gasteiger partial charge in [-0.15, -0.1) is 0 Å². The largest absolute Gasteiger partial charge is 0.534 e. The molecule has 0 unspecified atom stereocenters. The van der Waals surface area contributed by atoms with Gasteiger partial charge in [-0.2, -0.15) is 21.6 Å². The number of cyclic esters (lactones) is 1. The van der Waals surface area contributed by atoms with Gasteiger partial charge >= 0.3 is 21.7 Å². The van der Waals surface area contributed by atoms with Gasteiger partial charge in [-0.05, 0) is 36.6 Å². The Bertz CT molecular complexity index is 794. The van der Waals surface area contributed by atoms with Crippen molar-refractivity contribution >= 4 is 21.9 Å². The van der Waals surface area contributed by atoms with Gasteiger partial charge in [0, 0.05) is 7.11 Å². The van der Waals surface area contributed by atoms with Crippen LogP contribution >= 0.6 is 0 Å². The normalized spacial score (nSPS) is 23.0. The Balaban J connectivity index is 1.88. The molecule has 2 aliphatic heterocycles. The van der Waals surface area contributed by atoms with Gasteiger partial charge in [0.15, 0.2) is 0 Å². The molecule has 0 saturated carbocycles. The highest BCUT2D eigenvalue weighted by molar-refractivity contribution is 7.88. The van der Waals surface area contributed by atoms with Gasteiger partial charge < -0.3 is 13.7 Å². The van der Waals surface area contributed by atoms with Gasteiger partial charge in [0.05, 0.1) is 18.3 Å². The second kappa shape index (κ2) is 6.06. The van der Waals surface area contributed by atoms with Crippen LogP contribution in [0.15, 0.2) is 18.2 Å². The monoisotopic (exact) mass is 381 g/mol. The Kier molecular flexibility index (Phi) is 4.31. The predicted molar refractivity (Wildman–Crippen MR) is 78.8 cm³/mol. The van der Waals surface area contributed by atoms with Crippen molar-refractivity contribution in [2.24, 2.45) is 0 Å². The first-order chi connectivity index (χ1) is 11.6. The van der Waals surface area contributed by atoms with E-state index in [1.54, 1.807) is 0 Å². The number of anilines is 1. The number of benzene rings is 1. The van der Waals surface area contributed by atoms with Gasteiger partial charge in [0.1, 0.15) is 11.9 Å². The number of aryl methyl sites for hydroxylation is 1. The number of ether oxygens (including phenoxy) is 2. The van der Waals surface area contributed by atoms with Crippen LogP contribution in [-0.4, -0.2) is 45.9 Å². The number of hydrogen-bond acceptors (Lipinski definition) is 6. The van der Waals surface area contributed by atoms with Crippen LogP contribution < -0.4 is 9.08 Å². The maximum absolute atomic E-state index is 12.4. The summed E-state index contributed by atoms with van der Waals surface area (Å²) in [5.74, 6) is -0.462. The zero-order chi connectivity index (χ0) is 18.4. The molecule has 3 rings (SSSR count). The molecule has 0 bridgehead atoms. The van der Waals surface area contributed by atoms with Crippen LogP contribution in [-0.2, 0) is 26.0 Å². The number of methoxy groups -OCH3 is 1. The molecule has 11 heteroatoms. The van der Waals surface area contributed by atoms with Crippen molar-refractivity contribution in [3.8, 4) is 5.75 Å². The second-order valence-electron chi connectivity index (χ2n) is 5.63. The van der Waals surface area contributed by atoms with Crippen LogP contribution in [0.5, 0.6) is 5.75 Å². The lowest BCUT2D eigenvalue weighted by atomic mass is 9.94. The minimum Gasteiger partial charge on any atom is -0.441 e. The van der Waals surface area contributed by atoms with Gasteiger partial charge in [-0.1, -0.05) is 0 Å². The Labute approximate surface area is 141 Å². The molecule has 0 radical (unpaired) electrons. The van der Waals surface area contributed by atoms with Crippen LogP contribution in [0.3, 0.4) is 0 Å². The molecule has 138 valence electrons. The van der Waals surface area contributed by atoms with Crippen molar-refractivity contribution in [1.29, 1.82) is 0 Å². The maximum atomic E-state index is 12.4. The molecule has 0 aliphatic carbocycles. The summed E-state index contributed by atoms with van der Waals surface area (Å²) in [6, 6.07) is 3.36. The highest BCUT2D eigenvalue weighted by Gasteiger charge is 2.49. The number of amides is 1. The first-order valence-corrected chi connectivity index (χ1v) is 8.67. The van der Waals surface area contributed by atoms with Crippen molar-refractivity contribution in [1.82, 2.24) is 0 Å². The van der Waals surface area contributed by atoms with E-state index >= 15 is 0 Å². The van der Waals surface area contributed by atoms with Crippen LogP contribution in [0, 0.1) is 0 Å². The number of carbonyl (C=O) groups is 1. The summed E-state index contributed by atoms with van der Waals surface area (Å²) in [5, 5.41) is 0. The molecule has 1 aromatic rings. The van der Waals surface area contributed by atoms with Gasteiger partial charge in [-0.3, -0.25) is 4.90 Å². The fourth-order valence-corrected chi connectivity index (χ4v) is 3.45. The number of alkyl halides is 3. The summed E-state index contributed by atoms with van der Waals surface area (Å²) in [6.07, 6.45) is -0.0875. The fourth-order valence-electron chi connectivity index (χ4n) is 2.99. The van der Waals surface area contributed by atoms with E-state index in [4.69, 9.17) is 9.47 Å². The molecule has 1 saturated heterocycles. The summed E-state index contributed by atoms with van der Waals surface area (Å²) in [6.45, 7) is 0.229.